The van der Waals surface area contributed by atoms with Gasteiger partial charge in [-0.15, -0.1) is 0 Å². The van der Waals surface area contributed by atoms with E-state index in [-0.39, 0.29) is 40.7 Å². The van der Waals surface area contributed by atoms with Crippen molar-refractivity contribution in [3.8, 4) is 22.9 Å². The first-order valence-electron chi connectivity index (χ1n) is 15.4. The summed E-state index contributed by atoms with van der Waals surface area (Å²) in [6.07, 6.45) is 2.36. The number of aromatic hydroxyl groups is 1. The second kappa shape index (κ2) is 11.3. The molecular weight excluding hydrogens is 571 g/mol. The average molecular weight is 608 g/mol. The molecule has 3 aliphatic rings. The number of benzene rings is 3. The Balaban J connectivity index is 1.40. The first kappa shape index (κ1) is 28.9. The van der Waals surface area contributed by atoms with Crippen molar-refractivity contribution >= 4 is 33.2 Å². The fraction of sp³-hybridized carbons (Fsp3) is 0.455. The van der Waals surface area contributed by atoms with Gasteiger partial charge in [0.15, 0.2) is 5.82 Å². The number of nitrogens with two attached hydrogens (primary N) is 1. The molecule has 4 heterocycles. The Morgan fingerprint density at radius 2 is 1.98 bits per heavy atom. The number of phenolic OH excluding ortho intramolecular Hbond substituents is 1. The zero-order valence-corrected chi connectivity index (χ0v) is 24.7. The van der Waals surface area contributed by atoms with Crippen LogP contribution in [0.5, 0.6) is 11.8 Å². The fourth-order valence-electron chi connectivity index (χ4n) is 7.44. The molecule has 232 valence electrons. The molecule has 3 aliphatic heterocycles. The molecule has 3 N–H and O–H groups in total. The smallest absolute Gasteiger partial charge is 0.319 e. The van der Waals surface area contributed by atoms with Gasteiger partial charge in [0.1, 0.15) is 35.7 Å². The molecule has 2 atom stereocenters. The van der Waals surface area contributed by atoms with Crippen LogP contribution in [0.3, 0.4) is 0 Å². The van der Waals surface area contributed by atoms with Crippen molar-refractivity contribution in [2.75, 3.05) is 56.6 Å². The Labute approximate surface area is 253 Å². The zero-order valence-electron chi connectivity index (χ0n) is 24.7. The largest absolute Gasteiger partial charge is 0.508 e. The minimum atomic E-state index is -0.915. The van der Waals surface area contributed by atoms with Gasteiger partial charge >= 0.3 is 6.01 Å². The fourth-order valence-corrected chi connectivity index (χ4v) is 7.44. The molecule has 11 heteroatoms. The number of alkyl halides is 1. The molecule has 0 unspecified atom stereocenters. The standard InChI is InChI=1S/C33H36F3N5O3/c1-2-22-25(35)6-5-19-13-21(42)14-23(27(19)22)28-26(37)15-24-30(29(28)36)38-32(39-31(24)40-8-4-11-43-12-10-40)44-18-33-7-3-9-41(33)17-20(34)16-33/h5-6,13-15,20,42H,2-4,7-12,16-18,37H2,1H3/t20-,33+/m1/s1. The first-order chi connectivity index (χ1) is 21.3. The molecule has 3 saturated heterocycles. The van der Waals surface area contributed by atoms with Gasteiger partial charge in [0.25, 0.3) is 0 Å². The Morgan fingerprint density at radius 1 is 1.11 bits per heavy atom. The van der Waals surface area contributed by atoms with Crippen LogP contribution in [-0.2, 0) is 11.2 Å². The maximum absolute atomic E-state index is 16.9. The summed E-state index contributed by atoms with van der Waals surface area (Å²) in [5.41, 5.74) is 6.96. The molecule has 0 amide bonds. The number of phenols is 1. The Hall–Kier alpha value is -3.83. The van der Waals surface area contributed by atoms with Crippen molar-refractivity contribution in [3.05, 3.63) is 47.5 Å². The molecule has 8 nitrogen and oxygen atoms in total. The van der Waals surface area contributed by atoms with Gasteiger partial charge in [0.2, 0.25) is 0 Å². The van der Waals surface area contributed by atoms with Gasteiger partial charge in [-0.25, -0.2) is 13.2 Å². The predicted octanol–water partition coefficient (Wildman–Crippen LogP) is 5.76. The van der Waals surface area contributed by atoms with Crippen LogP contribution < -0.4 is 15.4 Å². The summed E-state index contributed by atoms with van der Waals surface area (Å²) in [6.45, 7) is 5.47. The molecule has 1 aromatic heterocycles. The Bertz CT molecular complexity index is 1750. The van der Waals surface area contributed by atoms with Crippen LogP contribution in [0.25, 0.3) is 32.8 Å². The van der Waals surface area contributed by atoms with Crippen molar-refractivity contribution in [1.82, 2.24) is 14.9 Å². The van der Waals surface area contributed by atoms with Crippen LogP contribution >= 0.6 is 0 Å². The van der Waals surface area contributed by atoms with Crippen molar-refractivity contribution < 1.29 is 27.8 Å². The first-order valence-corrected chi connectivity index (χ1v) is 15.4. The highest BCUT2D eigenvalue weighted by molar-refractivity contribution is 6.06. The number of rotatable bonds is 6. The number of aromatic nitrogens is 2. The van der Waals surface area contributed by atoms with E-state index in [4.69, 9.17) is 20.2 Å². The molecule has 0 aliphatic carbocycles. The number of ether oxygens (including phenoxy) is 2. The normalized spacial score (nSPS) is 22.5. The van der Waals surface area contributed by atoms with Crippen LogP contribution in [0.15, 0.2) is 30.3 Å². The third-order valence-electron chi connectivity index (χ3n) is 9.45. The number of aryl methyl sites for hydroxylation is 1. The Kier molecular flexibility index (Phi) is 7.40. The van der Waals surface area contributed by atoms with Crippen molar-refractivity contribution in [2.45, 2.75) is 50.7 Å². The van der Waals surface area contributed by atoms with E-state index in [2.05, 4.69) is 9.88 Å². The van der Waals surface area contributed by atoms with Gasteiger partial charge in [-0.3, -0.25) is 4.90 Å². The van der Waals surface area contributed by atoms with Crippen molar-refractivity contribution in [3.63, 3.8) is 0 Å². The van der Waals surface area contributed by atoms with Crippen LogP contribution in [0.4, 0.5) is 24.7 Å². The summed E-state index contributed by atoms with van der Waals surface area (Å²) in [7, 11) is 0. The second-order valence-electron chi connectivity index (χ2n) is 12.2. The van der Waals surface area contributed by atoms with Gasteiger partial charge in [0, 0.05) is 49.3 Å². The predicted molar refractivity (Wildman–Crippen MR) is 164 cm³/mol. The third-order valence-corrected chi connectivity index (χ3v) is 9.45. The third kappa shape index (κ3) is 4.86. The number of nitrogens with zero attached hydrogens (tertiary/aromatic N) is 4. The highest BCUT2D eigenvalue weighted by Crippen LogP contribution is 2.44. The minimum Gasteiger partial charge on any atom is -0.508 e. The summed E-state index contributed by atoms with van der Waals surface area (Å²) in [6, 6.07) is 7.48. The van der Waals surface area contributed by atoms with E-state index in [0.717, 1.165) is 25.8 Å². The van der Waals surface area contributed by atoms with Crippen molar-refractivity contribution in [2.24, 2.45) is 0 Å². The van der Waals surface area contributed by atoms with E-state index in [1.165, 1.54) is 18.2 Å². The van der Waals surface area contributed by atoms with Crippen LogP contribution in [0, 0.1) is 11.6 Å². The number of nitrogen functional groups attached to an aromatic ring is 1. The number of halogens is 3. The molecule has 0 spiro atoms. The lowest BCUT2D eigenvalue weighted by Crippen LogP contribution is -2.43. The highest BCUT2D eigenvalue weighted by atomic mass is 19.1. The van der Waals surface area contributed by atoms with Crippen molar-refractivity contribution in [1.29, 1.82) is 0 Å². The van der Waals surface area contributed by atoms with E-state index in [1.54, 1.807) is 12.1 Å². The van der Waals surface area contributed by atoms with E-state index < -0.39 is 23.3 Å². The summed E-state index contributed by atoms with van der Waals surface area (Å²) in [4.78, 5) is 13.5. The second-order valence-corrected chi connectivity index (χ2v) is 12.2. The van der Waals surface area contributed by atoms with E-state index in [1.807, 2.05) is 11.8 Å². The van der Waals surface area contributed by atoms with Crippen LogP contribution in [-0.4, -0.2) is 77.7 Å². The van der Waals surface area contributed by atoms with Gasteiger partial charge in [0.05, 0.1) is 12.1 Å². The number of hydrogen-bond acceptors (Lipinski definition) is 8. The molecule has 0 bridgehead atoms. The van der Waals surface area contributed by atoms with E-state index >= 15 is 4.39 Å². The van der Waals surface area contributed by atoms with Gasteiger partial charge in [-0.2, -0.15) is 9.97 Å². The molecular formula is C33H36F3N5O3. The topological polar surface area (TPSA) is 97.0 Å². The maximum Gasteiger partial charge on any atom is 0.319 e. The Morgan fingerprint density at radius 3 is 2.82 bits per heavy atom. The van der Waals surface area contributed by atoms with Gasteiger partial charge in [-0.1, -0.05) is 13.0 Å². The maximum atomic E-state index is 16.9. The lowest BCUT2D eigenvalue weighted by molar-refractivity contribution is 0.107. The lowest BCUT2D eigenvalue weighted by Gasteiger charge is -2.31. The highest BCUT2D eigenvalue weighted by Gasteiger charge is 2.49. The summed E-state index contributed by atoms with van der Waals surface area (Å²) in [5, 5.41) is 12.1. The quantitative estimate of drug-likeness (QED) is 0.267. The number of anilines is 2. The zero-order chi connectivity index (χ0) is 30.6. The number of hydrogen-bond donors (Lipinski definition) is 2. The summed E-state index contributed by atoms with van der Waals surface area (Å²) >= 11 is 0. The molecule has 0 radical (unpaired) electrons. The van der Waals surface area contributed by atoms with E-state index in [0.29, 0.717) is 73.2 Å². The van der Waals surface area contributed by atoms with Crippen LogP contribution in [0.1, 0.15) is 38.2 Å². The van der Waals surface area contributed by atoms with Gasteiger partial charge < -0.3 is 25.2 Å². The molecule has 3 fully saturated rings. The van der Waals surface area contributed by atoms with Gasteiger partial charge in [-0.05, 0) is 78.4 Å². The molecule has 44 heavy (non-hydrogen) atoms. The monoisotopic (exact) mass is 607 g/mol. The average Bonchev–Trinajstić information content (AvgIpc) is 3.38. The van der Waals surface area contributed by atoms with Crippen LogP contribution in [0.2, 0.25) is 0 Å². The summed E-state index contributed by atoms with van der Waals surface area (Å²) < 4.78 is 58.2. The molecule has 3 aromatic carbocycles. The SMILES string of the molecule is CCc1c(F)ccc2cc(O)cc(-c3c(N)cc4c(N5CCCOCC5)nc(OC[C@@]56CCCN5C[C@H](F)C6)nc4c3F)c12. The molecule has 4 aromatic rings. The number of fused-ring (bicyclic) bond motifs is 3. The lowest BCUT2D eigenvalue weighted by atomic mass is 9.91. The van der Waals surface area contributed by atoms with E-state index in [9.17, 15) is 13.9 Å². The minimum absolute atomic E-state index is 0.000813. The summed E-state index contributed by atoms with van der Waals surface area (Å²) in [5.74, 6) is -0.759. The molecule has 0 saturated carbocycles. The molecule has 7 rings (SSSR count).